The van der Waals surface area contributed by atoms with Crippen LogP contribution in [0, 0.1) is 24.2 Å². The van der Waals surface area contributed by atoms with Crippen LogP contribution < -0.4 is 5.32 Å². The Balaban J connectivity index is 3.01. The van der Waals surface area contributed by atoms with E-state index in [4.69, 9.17) is 5.26 Å². The first-order chi connectivity index (χ1) is 9.03. The van der Waals surface area contributed by atoms with Crippen molar-refractivity contribution < 1.29 is 4.79 Å². The number of carbonyl (C=O) groups excluding carboxylic acids is 1. The molecule has 1 heterocycles. The molecule has 5 heteroatoms. The lowest BCUT2D eigenvalue weighted by Gasteiger charge is -2.23. The van der Waals surface area contributed by atoms with Gasteiger partial charge >= 0.3 is 0 Å². The first kappa shape index (κ1) is 15.0. The number of rotatable bonds is 5. The predicted octanol–water partition coefficient (Wildman–Crippen LogP) is 2.05. The lowest BCUT2D eigenvalue weighted by Crippen LogP contribution is -2.34. The zero-order valence-corrected chi connectivity index (χ0v) is 11.9. The molecule has 0 aliphatic carbocycles. The Labute approximate surface area is 114 Å². The van der Waals surface area contributed by atoms with Gasteiger partial charge < -0.3 is 10.2 Å². The minimum Gasteiger partial charge on any atom is -0.387 e. The van der Waals surface area contributed by atoms with Crippen molar-refractivity contribution in [1.82, 2.24) is 9.88 Å². The summed E-state index contributed by atoms with van der Waals surface area (Å²) in [4.78, 5) is 18.3. The molecule has 1 N–H and O–H groups in total. The van der Waals surface area contributed by atoms with Gasteiger partial charge in [-0.2, -0.15) is 5.26 Å². The number of nitriles is 1. The van der Waals surface area contributed by atoms with Crippen molar-refractivity contribution in [1.29, 1.82) is 5.26 Å². The molecule has 0 aliphatic heterocycles. The first-order valence-corrected chi connectivity index (χ1v) is 6.36. The largest absolute Gasteiger partial charge is 0.387 e. The van der Waals surface area contributed by atoms with Gasteiger partial charge in [-0.3, -0.25) is 9.78 Å². The lowest BCUT2D eigenvalue weighted by atomic mass is 10.1. The third kappa shape index (κ3) is 3.68. The highest BCUT2D eigenvalue weighted by Crippen LogP contribution is 2.17. The van der Waals surface area contributed by atoms with Crippen molar-refractivity contribution in [3.63, 3.8) is 0 Å². The van der Waals surface area contributed by atoms with E-state index in [1.54, 1.807) is 18.1 Å². The summed E-state index contributed by atoms with van der Waals surface area (Å²) in [5.74, 6) is -0.276. The Bertz CT molecular complexity index is 493. The second-order valence-corrected chi connectivity index (χ2v) is 4.50. The van der Waals surface area contributed by atoms with E-state index in [9.17, 15) is 4.79 Å². The molecule has 0 saturated carbocycles. The molecule has 1 amide bonds. The highest BCUT2D eigenvalue weighted by atomic mass is 16.2. The maximum Gasteiger partial charge on any atom is 0.257 e. The monoisotopic (exact) mass is 260 g/mol. The maximum absolute atomic E-state index is 12.5. The van der Waals surface area contributed by atoms with Gasteiger partial charge in [0.15, 0.2) is 0 Å². The number of nitrogens with zero attached hydrogens (tertiary/aromatic N) is 3. The number of aryl methyl sites for hydroxylation is 1. The summed E-state index contributed by atoms with van der Waals surface area (Å²) in [5.41, 5.74) is 2.16. The molecule has 0 fully saturated rings. The molecule has 1 atom stereocenters. The number of anilines is 1. The normalized spacial score (nSPS) is 11.5. The van der Waals surface area contributed by atoms with E-state index in [-0.39, 0.29) is 11.8 Å². The molecule has 1 unspecified atom stereocenters. The molecule has 5 nitrogen and oxygen atoms in total. The molecule has 0 bridgehead atoms. The van der Waals surface area contributed by atoms with Crippen LogP contribution in [0.3, 0.4) is 0 Å². The van der Waals surface area contributed by atoms with E-state index in [2.05, 4.69) is 16.4 Å². The Kier molecular flexibility index (Phi) is 5.31. The summed E-state index contributed by atoms with van der Waals surface area (Å²) in [7, 11) is 1.78. The SMILES string of the molecule is CCN(CC(C)C#N)C(=O)c1cnc(C)cc1NC. The number of carbonyl (C=O) groups is 1. The minimum atomic E-state index is -0.180. The fourth-order valence-electron chi connectivity index (χ4n) is 1.83. The van der Waals surface area contributed by atoms with Gasteiger partial charge in [-0.15, -0.1) is 0 Å². The van der Waals surface area contributed by atoms with E-state index in [0.717, 1.165) is 11.4 Å². The van der Waals surface area contributed by atoms with Gasteiger partial charge in [0, 0.05) is 32.0 Å². The van der Waals surface area contributed by atoms with Gasteiger partial charge in [-0.25, -0.2) is 0 Å². The predicted molar refractivity (Wildman–Crippen MR) is 74.9 cm³/mol. The molecular weight excluding hydrogens is 240 g/mol. The molecule has 19 heavy (non-hydrogen) atoms. The van der Waals surface area contributed by atoms with Crippen molar-refractivity contribution in [2.24, 2.45) is 5.92 Å². The number of nitrogens with one attached hydrogen (secondary N) is 1. The Morgan fingerprint density at radius 2 is 2.32 bits per heavy atom. The maximum atomic E-state index is 12.5. The molecule has 0 aromatic carbocycles. The number of amides is 1. The van der Waals surface area contributed by atoms with Gasteiger partial charge in [-0.1, -0.05) is 0 Å². The fourth-order valence-corrected chi connectivity index (χ4v) is 1.83. The van der Waals surface area contributed by atoms with Gasteiger partial charge in [-0.05, 0) is 26.8 Å². The van der Waals surface area contributed by atoms with Gasteiger partial charge in [0.25, 0.3) is 5.91 Å². The van der Waals surface area contributed by atoms with Crippen LogP contribution in [0.2, 0.25) is 0 Å². The van der Waals surface area contributed by atoms with Crippen LogP contribution in [-0.4, -0.2) is 35.9 Å². The quantitative estimate of drug-likeness (QED) is 0.879. The molecule has 0 saturated heterocycles. The first-order valence-electron chi connectivity index (χ1n) is 6.36. The molecule has 102 valence electrons. The van der Waals surface area contributed by atoms with E-state index in [1.807, 2.05) is 26.8 Å². The zero-order chi connectivity index (χ0) is 14.4. The Hall–Kier alpha value is -2.09. The van der Waals surface area contributed by atoms with E-state index < -0.39 is 0 Å². The lowest BCUT2D eigenvalue weighted by molar-refractivity contribution is 0.0753. The smallest absolute Gasteiger partial charge is 0.257 e. The number of hydrogen-bond acceptors (Lipinski definition) is 4. The molecule has 1 aromatic heterocycles. The molecule has 0 spiro atoms. The summed E-state index contributed by atoms with van der Waals surface area (Å²) in [6.07, 6.45) is 1.59. The average molecular weight is 260 g/mol. The zero-order valence-electron chi connectivity index (χ0n) is 11.9. The van der Waals surface area contributed by atoms with E-state index in [1.165, 1.54) is 0 Å². The highest BCUT2D eigenvalue weighted by Gasteiger charge is 2.19. The summed E-state index contributed by atoms with van der Waals surface area (Å²) >= 11 is 0. The van der Waals surface area contributed by atoms with Crippen molar-refractivity contribution in [2.75, 3.05) is 25.5 Å². The third-order valence-electron chi connectivity index (χ3n) is 2.92. The molecular formula is C14H20N4O. The van der Waals surface area contributed by atoms with Gasteiger partial charge in [0.2, 0.25) is 0 Å². The topological polar surface area (TPSA) is 69.0 Å². The van der Waals surface area contributed by atoms with Gasteiger partial charge in [0.1, 0.15) is 0 Å². The van der Waals surface area contributed by atoms with Crippen LogP contribution in [0.4, 0.5) is 5.69 Å². The molecule has 1 rings (SSSR count). The second-order valence-electron chi connectivity index (χ2n) is 4.50. The van der Waals surface area contributed by atoms with Crippen molar-refractivity contribution in [3.8, 4) is 6.07 Å². The summed E-state index contributed by atoms with van der Waals surface area (Å²) in [6, 6.07) is 3.99. The van der Waals surface area contributed by atoms with Gasteiger partial charge in [0.05, 0.1) is 23.2 Å². The Morgan fingerprint density at radius 1 is 1.63 bits per heavy atom. The minimum absolute atomic E-state index is 0.0959. The van der Waals surface area contributed by atoms with Crippen LogP contribution in [0.1, 0.15) is 29.9 Å². The van der Waals surface area contributed by atoms with Crippen molar-refractivity contribution in [3.05, 3.63) is 23.5 Å². The fraction of sp³-hybridized carbons (Fsp3) is 0.500. The van der Waals surface area contributed by atoms with Crippen LogP contribution in [-0.2, 0) is 0 Å². The van der Waals surface area contributed by atoms with Crippen LogP contribution in [0.25, 0.3) is 0 Å². The van der Waals surface area contributed by atoms with Crippen LogP contribution >= 0.6 is 0 Å². The van der Waals surface area contributed by atoms with E-state index in [0.29, 0.717) is 18.7 Å². The summed E-state index contributed by atoms with van der Waals surface area (Å²) in [5, 5.41) is 11.9. The number of hydrogen-bond donors (Lipinski definition) is 1. The van der Waals surface area contributed by atoms with Crippen LogP contribution in [0.5, 0.6) is 0 Å². The summed E-state index contributed by atoms with van der Waals surface area (Å²) in [6.45, 7) is 6.60. The Morgan fingerprint density at radius 3 is 2.84 bits per heavy atom. The second kappa shape index (κ2) is 6.74. The van der Waals surface area contributed by atoms with Crippen molar-refractivity contribution in [2.45, 2.75) is 20.8 Å². The molecule has 0 radical (unpaired) electrons. The summed E-state index contributed by atoms with van der Waals surface area (Å²) < 4.78 is 0. The third-order valence-corrected chi connectivity index (χ3v) is 2.92. The highest BCUT2D eigenvalue weighted by molar-refractivity contribution is 5.99. The molecule has 0 aliphatic rings. The number of aromatic nitrogens is 1. The molecule has 1 aromatic rings. The standard InChI is InChI=1S/C14H20N4O/c1-5-18(9-10(2)7-15)14(19)12-8-17-11(3)6-13(12)16-4/h6,8,10H,5,9H2,1-4H3,(H,16,17). The number of pyridine rings is 1. The van der Waals surface area contributed by atoms with Crippen LogP contribution in [0.15, 0.2) is 12.3 Å². The van der Waals surface area contributed by atoms with E-state index >= 15 is 0 Å². The average Bonchev–Trinajstić information content (AvgIpc) is 2.43. The van der Waals surface area contributed by atoms with Crippen molar-refractivity contribution >= 4 is 11.6 Å².